The minimum absolute atomic E-state index is 0.900. The SMILES string of the molecule is CC/C(=C\c1ccc2[nH]ncc2c1)c1ccc(OC)cc1C. The molecule has 0 amide bonds. The van der Waals surface area contributed by atoms with Gasteiger partial charge in [0.25, 0.3) is 0 Å². The molecule has 0 aliphatic heterocycles. The van der Waals surface area contributed by atoms with Crippen LogP contribution in [0, 0.1) is 6.92 Å². The highest BCUT2D eigenvalue weighted by atomic mass is 16.5. The van der Waals surface area contributed by atoms with Gasteiger partial charge in [-0.25, -0.2) is 0 Å². The van der Waals surface area contributed by atoms with E-state index in [0.29, 0.717) is 0 Å². The number of nitrogens with zero attached hydrogens (tertiary/aromatic N) is 1. The van der Waals surface area contributed by atoms with Crippen LogP contribution in [0.1, 0.15) is 30.0 Å². The summed E-state index contributed by atoms with van der Waals surface area (Å²) in [6, 6.07) is 12.6. The number of ether oxygens (including phenoxy) is 1. The van der Waals surface area contributed by atoms with Crippen molar-refractivity contribution in [3.05, 3.63) is 59.3 Å². The van der Waals surface area contributed by atoms with Crippen molar-refractivity contribution in [3.63, 3.8) is 0 Å². The summed E-state index contributed by atoms with van der Waals surface area (Å²) in [5.74, 6) is 0.900. The normalized spacial score (nSPS) is 11.9. The number of hydrogen-bond donors (Lipinski definition) is 1. The van der Waals surface area contributed by atoms with Gasteiger partial charge in [0.05, 0.1) is 18.8 Å². The largest absolute Gasteiger partial charge is 0.497 e. The van der Waals surface area contributed by atoms with Crippen LogP contribution in [0.4, 0.5) is 0 Å². The first-order valence-electron chi connectivity index (χ1n) is 7.50. The van der Waals surface area contributed by atoms with Crippen molar-refractivity contribution in [2.45, 2.75) is 20.3 Å². The van der Waals surface area contributed by atoms with Crippen molar-refractivity contribution in [1.29, 1.82) is 0 Å². The molecule has 0 radical (unpaired) electrons. The van der Waals surface area contributed by atoms with Gasteiger partial charge in [0.1, 0.15) is 5.75 Å². The minimum atomic E-state index is 0.900. The van der Waals surface area contributed by atoms with Crippen LogP contribution >= 0.6 is 0 Å². The monoisotopic (exact) mass is 292 g/mol. The second-order valence-electron chi connectivity index (χ2n) is 5.42. The Labute approximate surface area is 130 Å². The first kappa shape index (κ1) is 14.4. The lowest BCUT2D eigenvalue weighted by molar-refractivity contribution is 0.414. The number of H-pyrrole nitrogens is 1. The number of nitrogens with one attached hydrogen (secondary N) is 1. The maximum absolute atomic E-state index is 5.29. The summed E-state index contributed by atoms with van der Waals surface area (Å²) in [5.41, 5.74) is 6.09. The van der Waals surface area contributed by atoms with Crippen LogP contribution in [0.5, 0.6) is 5.75 Å². The third-order valence-electron chi connectivity index (χ3n) is 3.97. The van der Waals surface area contributed by atoms with Crippen LogP contribution in [0.25, 0.3) is 22.6 Å². The average Bonchev–Trinajstić information content (AvgIpc) is 3.00. The number of benzene rings is 2. The van der Waals surface area contributed by atoms with E-state index in [1.165, 1.54) is 22.3 Å². The topological polar surface area (TPSA) is 37.9 Å². The fraction of sp³-hybridized carbons (Fsp3) is 0.211. The molecular formula is C19H20N2O. The Morgan fingerprint density at radius 3 is 2.82 bits per heavy atom. The van der Waals surface area contributed by atoms with Crippen molar-refractivity contribution >= 4 is 22.6 Å². The van der Waals surface area contributed by atoms with Crippen molar-refractivity contribution in [2.24, 2.45) is 0 Å². The Kier molecular flexibility index (Phi) is 3.96. The van der Waals surface area contributed by atoms with E-state index < -0.39 is 0 Å². The molecular weight excluding hydrogens is 272 g/mol. The number of rotatable bonds is 4. The molecule has 3 rings (SSSR count). The van der Waals surface area contributed by atoms with Crippen LogP contribution in [0.15, 0.2) is 42.6 Å². The molecule has 0 saturated heterocycles. The van der Waals surface area contributed by atoms with Crippen LogP contribution in [0.2, 0.25) is 0 Å². The summed E-state index contributed by atoms with van der Waals surface area (Å²) in [5, 5.41) is 8.19. The van der Waals surface area contributed by atoms with Gasteiger partial charge in [0, 0.05) is 5.39 Å². The number of allylic oxidation sites excluding steroid dienone is 1. The number of hydrogen-bond acceptors (Lipinski definition) is 2. The Morgan fingerprint density at radius 2 is 2.09 bits per heavy atom. The molecule has 1 heterocycles. The number of aromatic amines is 1. The Balaban J connectivity index is 2.02. The van der Waals surface area contributed by atoms with Gasteiger partial charge in [-0.3, -0.25) is 5.10 Å². The Hall–Kier alpha value is -2.55. The van der Waals surface area contributed by atoms with Crippen molar-refractivity contribution in [3.8, 4) is 5.75 Å². The van der Waals surface area contributed by atoms with E-state index in [-0.39, 0.29) is 0 Å². The van der Waals surface area contributed by atoms with Crippen molar-refractivity contribution in [1.82, 2.24) is 10.2 Å². The maximum atomic E-state index is 5.29. The zero-order valence-corrected chi connectivity index (χ0v) is 13.2. The first-order valence-corrected chi connectivity index (χ1v) is 7.50. The summed E-state index contributed by atoms with van der Waals surface area (Å²) in [6.45, 7) is 4.31. The molecule has 1 N–H and O–H groups in total. The van der Waals surface area contributed by atoms with Gasteiger partial charge in [-0.15, -0.1) is 0 Å². The van der Waals surface area contributed by atoms with Gasteiger partial charge >= 0.3 is 0 Å². The number of methoxy groups -OCH3 is 1. The molecule has 3 heteroatoms. The highest BCUT2D eigenvalue weighted by Crippen LogP contribution is 2.28. The van der Waals surface area contributed by atoms with Crippen LogP contribution in [-0.4, -0.2) is 17.3 Å². The molecule has 0 aliphatic carbocycles. The fourth-order valence-corrected chi connectivity index (χ4v) is 2.75. The van der Waals surface area contributed by atoms with E-state index >= 15 is 0 Å². The second-order valence-corrected chi connectivity index (χ2v) is 5.42. The zero-order valence-electron chi connectivity index (χ0n) is 13.2. The van der Waals surface area contributed by atoms with E-state index in [1.54, 1.807) is 7.11 Å². The van der Waals surface area contributed by atoms with E-state index in [1.807, 2.05) is 12.3 Å². The number of fused-ring (bicyclic) bond motifs is 1. The maximum Gasteiger partial charge on any atom is 0.119 e. The molecule has 0 saturated carbocycles. The lowest BCUT2D eigenvalue weighted by Crippen LogP contribution is -1.91. The highest BCUT2D eigenvalue weighted by molar-refractivity contribution is 5.87. The van der Waals surface area contributed by atoms with Gasteiger partial charge in [-0.05, 0) is 59.9 Å². The quantitative estimate of drug-likeness (QED) is 0.699. The zero-order chi connectivity index (χ0) is 15.5. The predicted molar refractivity (Wildman–Crippen MR) is 92.0 cm³/mol. The minimum Gasteiger partial charge on any atom is -0.497 e. The molecule has 1 aromatic heterocycles. The molecule has 0 atom stereocenters. The smallest absolute Gasteiger partial charge is 0.119 e. The number of aryl methyl sites for hydroxylation is 1. The standard InChI is InChI=1S/C19H20N2O/c1-4-15(18-7-6-17(22-3)9-13(18)2)10-14-5-8-19-16(11-14)12-20-21-19/h5-12H,4H2,1-3H3,(H,20,21)/b15-10+. The summed E-state index contributed by atoms with van der Waals surface area (Å²) in [4.78, 5) is 0. The van der Waals surface area contributed by atoms with E-state index in [0.717, 1.165) is 23.1 Å². The van der Waals surface area contributed by atoms with Crippen LogP contribution in [-0.2, 0) is 0 Å². The average molecular weight is 292 g/mol. The van der Waals surface area contributed by atoms with Gasteiger partial charge in [-0.2, -0.15) is 5.10 Å². The molecule has 3 nitrogen and oxygen atoms in total. The van der Waals surface area contributed by atoms with E-state index in [9.17, 15) is 0 Å². The second kappa shape index (κ2) is 6.06. The summed E-state index contributed by atoms with van der Waals surface area (Å²) in [7, 11) is 1.70. The molecule has 0 aliphatic rings. The van der Waals surface area contributed by atoms with Gasteiger partial charge in [-0.1, -0.05) is 25.1 Å². The van der Waals surface area contributed by atoms with Crippen LogP contribution < -0.4 is 4.74 Å². The van der Waals surface area contributed by atoms with Gasteiger partial charge < -0.3 is 4.74 Å². The van der Waals surface area contributed by atoms with Gasteiger partial charge in [0.2, 0.25) is 0 Å². The van der Waals surface area contributed by atoms with Crippen molar-refractivity contribution < 1.29 is 4.74 Å². The first-order chi connectivity index (χ1) is 10.7. The summed E-state index contributed by atoms with van der Waals surface area (Å²) in [6.07, 6.45) is 5.09. The van der Waals surface area contributed by atoms with Crippen molar-refractivity contribution in [2.75, 3.05) is 7.11 Å². The lowest BCUT2D eigenvalue weighted by atomic mass is 9.96. The molecule has 3 aromatic rings. The third kappa shape index (κ3) is 2.75. The molecule has 2 aromatic carbocycles. The molecule has 0 fully saturated rings. The lowest BCUT2D eigenvalue weighted by Gasteiger charge is -2.11. The van der Waals surface area contributed by atoms with E-state index in [2.05, 4.69) is 60.5 Å². The molecule has 0 unspecified atom stereocenters. The van der Waals surface area contributed by atoms with E-state index in [4.69, 9.17) is 4.74 Å². The Bertz CT molecular complexity index is 830. The number of aromatic nitrogens is 2. The predicted octanol–water partition coefficient (Wildman–Crippen LogP) is 4.83. The molecule has 112 valence electrons. The van der Waals surface area contributed by atoms with Crippen LogP contribution in [0.3, 0.4) is 0 Å². The Morgan fingerprint density at radius 1 is 1.23 bits per heavy atom. The highest BCUT2D eigenvalue weighted by Gasteiger charge is 2.06. The molecule has 0 bridgehead atoms. The summed E-state index contributed by atoms with van der Waals surface area (Å²) < 4.78 is 5.29. The third-order valence-corrected chi connectivity index (χ3v) is 3.97. The summed E-state index contributed by atoms with van der Waals surface area (Å²) >= 11 is 0. The van der Waals surface area contributed by atoms with Gasteiger partial charge in [0.15, 0.2) is 0 Å². The molecule has 22 heavy (non-hydrogen) atoms. The fourth-order valence-electron chi connectivity index (χ4n) is 2.75. The molecule has 0 spiro atoms.